The van der Waals surface area contributed by atoms with Gasteiger partial charge in [0.1, 0.15) is 6.10 Å². The van der Waals surface area contributed by atoms with Crippen LogP contribution in [0.5, 0.6) is 0 Å². The standard InChI is InChI=1S/C58H95NO5/c1-4-7-10-13-16-19-22-25-27-28-29-30-31-33-36-39-42-45-48-51-58(63)64-54(49-46-43-40-37-34-32-26-23-20-17-14-11-8-5-2)52-57(62)59-55(53-60)56(61)50-47-44-41-38-35-24-21-18-15-12-9-6-3/h7-8,10-11,16-17,19-20,25-27,29-30,32-33,36-37,40,42,45,54-56,60-61H,4-6,9,12-15,18,21-24,28,31,34-35,38-39,41,43-44,46-53H2,1-3H3,(H,59,62)/b10-7-,11-8+,19-16-,20-17+,27-25-,30-29-,32-26+,36-33-,40-37+,45-42-. The van der Waals surface area contributed by atoms with Gasteiger partial charge in [-0.2, -0.15) is 0 Å². The highest BCUT2D eigenvalue weighted by Crippen LogP contribution is 2.16. The molecule has 0 aliphatic heterocycles. The van der Waals surface area contributed by atoms with E-state index >= 15 is 0 Å². The highest BCUT2D eigenvalue weighted by molar-refractivity contribution is 5.77. The average Bonchev–Trinajstić information content (AvgIpc) is 3.29. The lowest BCUT2D eigenvalue weighted by atomic mass is 10.0. The number of aliphatic hydroxyl groups excluding tert-OH is 2. The molecule has 64 heavy (non-hydrogen) atoms. The largest absolute Gasteiger partial charge is 0.462 e. The second kappa shape index (κ2) is 50.3. The molecule has 1 amide bonds. The van der Waals surface area contributed by atoms with E-state index < -0.39 is 18.2 Å². The van der Waals surface area contributed by atoms with Crippen molar-refractivity contribution in [1.82, 2.24) is 5.32 Å². The Morgan fingerprint density at radius 1 is 0.469 bits per heavy atom. The zero-order chi connectivity index (χ0) is 46.7. The van der Waals surface area contributed by atoms with Crippen LogP contribution in [0.2, 0.25) is 0 Å². The second-order valence-electron chi connectivity index (χ2n) is 16.8. The normalized spacial score (nSPS) is 14.3. The monoisotopic (exact) mass is 886 g/mol. The van der Waals surface area contributed by atoms with E-state index in [2.05, 4.69) is 142 Å². The van der Waals surface area contributed by atoms with Gasteiger partial charge in [0.2, 0.25) is 5.91 Å². The van der Waals surface area contributed by atoms with Crippen molar-refractivity contribution in [2.24, 2.45) is 0 Å². The molecule has 0 radical (unpaired) electrons. The Hall–Kier alpha value is -3.74. The first-order valence-corrected chi connectivity index (χ1v) is 25.8. The molecule has 0 fully saturated rings. The maximum atomic E-state index is 13.2. The summed E-state index contributed by atoms with van der Waals surface area (Å²) in [5.41, 5.74) is 0. The number of esters is 1. The van der Waals surface area contributed by atoms with Crippen molar-refractivity contribution in [1.29, 1.82) is 0 Å². The van der Waals surface area contributed by atoms with E-state index in [9.17, 15) is 19.8 Å². The van der Waals surface area contributed by atoms with Crippen LogP contribution in [-0.2, 0) is 14.3 Å². The summed E-state index contributed by atoms with van der Waals surface area (Å²) in [5, 5.41) is 23.7. The van der Waals surface area contributed by atoms with Gasteiger partial charge in [-0.1, -0.05) is 219 Å². The van der Waals surface area contributed by atoms with Gasteiger partial charge in [0, 0.05) is 6.42 Å². The van der Waals surface area contributed by atoms with Crippen LogP contribution >= 0.6 is 0 Å². The number of allylic oxidation sites excluding steroid dienone is 20. The molecule has 6 nitrogen and oxygen atoms in total. The predicted octanol–water partition coefficient (Wildman–Crippen LogP) is 15.7. The number of unbranched alkanes of at least 4 members (excludes halogenated alkanes) is 12. The number of aliphatic hydroxyl groups is 2. The predicted molar refractivity (Wildman–Crippen MR) is 277 cm³/mol. The molecule has 0 spiro atoms. The maximum absolute atomic E-state index is 13.2. The molecule has 0 saturated carbocycles. The molecule has 362 valence electrons. The molecule has 0 aliphatic carbocycles. The first kappa shape index (κ1) is 60.3. The van der Waals surface area contributed by atoms with Gasteiger partial charge >= 0.3 is 5.97 Å². The van der Waals surface area contributed by atoms with Crippen LogP contribution in [0.1, 0.15) is 207 Å². The zero-order valence-corrected chi connectivity index (χ0v) is 41.1. The van der Waals surface area contributed by atoms with Crippen molar-refractivity contribution in [3.05, 3.63) is 122 Å². The quantitative estimate of drug-likeness (QED) is 0.0322. The van der Waals surface area contributed by atoms with Crippen LogP contribution < -0.4 is 5.32 Å². The molecule has 3 atom stereocenters. The number of rotatable bonds is 44. The summed E-state index contributed by atoms with van der Waals surface area (Å²) in [4.78, 5) is 26.1. The molecule has 0 saturated heterocycles. The molecule has 6 heteroatoms. The lowest BCUT2D eigenvalue weighted by molar-refractivity contribution is -0.150. The number of carbonyl (C=O) groups is 2. The van der Waals surface area contributed by atoms with Crippen LogP contribution in [0, 0.1) is 0 Å². The topological polar surface area (TPSA) is 95.9 Å². The fourth-order valence-corrected chi connectivity index (χ4v) is 6.98. The van der Waals surface area contributed by atoms with E-state index in [1.165, 1.54) is 57.8 Å². The van der Waals surface area contributed by atoms with Crippen LogP contribution in [-0.4, -0.2) is 46.9 Å². The first-order chi connectivity index (χ1) is 31.5. The van der Waals surface area contributed by atoms with E-state index in [1.54, 1.807) is 0 Å². The van der Waals surface area contributed by atoms with Crippen molar-refractivity contribution in [2.45, 2.75) is 225 Å². The molecular formula is C58H95NO5. The van der Waals surface area contributed by atoms with Crippen molar-refractivity contribution in [2.75, 3.05) is 6.61 Å². The smallest absolute Gasteiger partial charge is 0.306 e. The van der Waals surface area contributed by atoms with E-state index in [4.69, 9.17) is 4.74 Å². The summed E-state index contributed by atoms with van der Waals surface area (Å²) in [6, 6.07) is -0.742. The maximum Gasteiger partial charge on any atom is 0.306 e. The number of hydrogen-bond donors (Lipinski definition) is 3. The number of carbonyl (C=O) groups excluding carboxylic acids is 2. The van der Waals surface area contributed by atoms with Gasteiger partial charge in [0.05, 0.1) is 25.2 Å². The number of nitrogens with one attached hydrogen (secondary N) is 1. The molecule has 0 rings (SSSR count). The van der Waals surface area contributed by atoms with Crippen LogP contribution in [0.15, 0.2) is 122 Å². The van der Waals surface area contributed by atoms with E-state index in [1.807, 2.05) is 6.08 Å². The molecule has 0 aromatic rings. The van der Waals surface area contributed by atoms with Crippen LogP contribution in [0.25, 0.3) is 0 Å². The fraction of sp³-hybridized carbons (Fsp3) is 0.621. The number of hydrogen-bond acceptors (Lipinski definition) is 5. The Morgan fingerprint density at radius 2 is 0.844 bits per heavy atom. The molecule has 3 unspecified atom stereocenters. The van der Waals surface area contributed by atoms with Crippen LogP contribution in [0.3, 0.4) is 0 Å². The molecule has 0 aliphatic rings. The lowest BCUT2D eigenvalue weighted by Gasteiger charge is -2.24. The van der Waals surface area contributed by atoms with Gasteiger partial charge in [-0.3, -0.25) is 9.59 Å². The van der Waals surface area contributed by atoms with Gasteiger partial charge in [-0.15, -0.1) is 0 Å². The van der Waals surface area contributed by atoms with Gasteiger partial charge in [-0.05, 0) is 96.3 Å². The molecule has 0 aromatic carbocycles. The Labute approximate surface area is 393 Å². The van der Waals surface area contributed by atoms with Gasteiger partial charge in [0.15, 0.2) is 0 Å². The minimum absolute atomic E-state index is 0.00167. The Kier molecular flexibility index (Phi) is 47.3. The van der Waals surface area contributed by atoms with E-state index in [0.29, 0.717) is 19.3 Å². The molecule has 3 N–H and O–H groups in total. The summed E-state index contributed by atoms with van der Waals surface area (Å²) in [5.74, 6) is -0.641. The second-order valence-corrected chi connectivity index (χ2v) is 16.8. The minimum atomic E-state index is -0.822. The van der Waals surface area contributed by atoms with E-state index in [-0.39, 0.29) is 31.3 Å². The zero-order valence-electron chi connectivity index (χ0n) is 41.1. The third-order valence-electron chi connectivity index (χ3n) is 10.8. The van der Waals surface area contributed by atoms with Gasteiger partial charge in [-0.25, -0.2) is 0 Å². The van der Waals surface area contributed by atoms with Crippen molar-refractivity contribution in [3.8, 4) is 0 Å². The summed E-state index contributed by atoms with van der Waals surface area (Å²) < 4.78 is 5.86. The summed E-state index contributed by atoms with van der Waals surface area (Å²) in [6.45, 7) is 6.20. The Balaban J connectivity index is 4.80. The highest BCUT2D eigenvalue weighted by Gasteiger charge is 2.23. The number of amides is 1. The van der Waals surface area contributed by atoms with Crippen molar-refractivity contribution >= 4 is 11.9 Å². The van der Waals surface area contributed by atoms with Crippen molar-refractivity contribution in [3.63, 3.8) is 0 Å². The van der Waals surface area contributed by atoms with Crippen molar-refractivity contribution < 1.29 is 24.5 Å². The van der Waals surface area contributed by atoms with E-state index in [0.717, 1.165) is 96.3 Å². The molecule has 0 aromatic heterocycles. The SMILES string of the molecule is CC/C=C\C/C=C\C/C=C\C/C=C\C/C=C\C/C=C\CCC(=O)OC(CCC/C=C/C/C=C/C/C=C/C/C=C/CC)CC(=O)NC(CO)C(O)CCCCCCCCCCCCCC. The summed E-state index contributed by atoms with van der Waals surface area (Å²) in [6.07, 6.45) is 69.8. The average molecular weight is 886 g/mol. The fourth-order valence-electron chi connectivity index (χ4n) is 6.98. The minimum Gasteiger partial charge on any atom is -0.462 e. The first-order valence-electron chi connectivity index (χ1n) is 25.8. The van der Waals surface area contributed by atoms with Crippen LogP contribution in [0.4, 0.5) is 0 Å². The Bertz CT molecular complexity index is 1360. The highest BCUT2D eigenvalue weighted by atomic mass is 16.5. The van der Waals surface area contributed by atoms with Gasteiger partial charge < -0.3 is 20.3 Å². The molecule has 0 heterocycles. The third kappa shape index (κ3) is 44.9. The molecular weight excluding hydrogens is 791 g/mol. The summed E-state index contributed by atoms with van der Waals surface area (Å²) in [7, 11) is 0. The third-order valence-corrected chi connectivity index (χ3v) is 10.8. The number of ether oxygens (including phenoxy) is 1. The summed E-state index contributed by atoms with van der Waals surface area (Å²) >= 11 is 0. The van der Waals surface area contributed by atoms with Gasteiger partial charge in [0.25, 0.3) is 0 Å². The Morgan fingerprint density at radius 3 is 1.25 bits per heavy atom. The molecule has 0 bridgehead atoms. The lowest BCUT2D eigenvalue weighted by Crippen LogP contribution is -2.46.